The van der Waals surface area contributed by atoms with Gasteiger partial charge in [-0.25, -0.2) is 9.98 Å². The number of anilines is 1. The molecule has 0 spiro atoms. The number of benzene rings is 1. The molecule has 0 amide bonds. The Labute approximate surface area is 131 Å². The SMILES string of the molecule is C=C1c2sc3nccc(C)c3c2N=CN1c1ccc(O)cc1. The zero-order chi connectivity index (χ0) is 15.3. The maximum absolute atomic E-state index is 9.42. The summed E-state index contributed by atoms with van der Waals surface area (Å²) in [6.45, 7) is 6.29. The van der Waals surface area contributed by atoms with Crippen molar-refractivity contribution in [2.24, 2.45) is 4.99 Å². The van der Waals surface area contributed by atoms with Crippen LogP contribution in [0.25, 0.3) is 15.9 Å². The Morgan fingerprint density at radius 1 is 1.18 bits per heavy atom. The Hall–Kier alpha value is -2.66. The highest BCUT2D eigenvalue weighted by Crippen LogP contribution is 2.45. The van der Waals surface area contributed by atoms with E-state index in [1.54, 1.807) is 29.8 Å². The van der Waals surface area contributed by atoms with Crippen LogP contribution in [0.5, 0.6) is 5.75 Å². The van der Waals surface area contributed by atoms with Crippen LogP contribution < -0.4 is 4.90 Å². The third-order valence-electron chi connectivity index (χ3n) is 3.76. The highest BCUT2D eigenvalue weighted by atomic mass is 32.1. The molecule has 0 unspecified atom stereocenters. The maximum Gasteiger partial charge on any atom is 0.126 e. The topological polar surface area (TPSA) is 48.7 Å². The van der Waals surface area contributed by atoms with E-state index in [0.717, 1.165) is 32.2 Å². The number of aliphatic imine (C=N–C) groups is 1. The summed E-state index contributed by atoms with van der Waals surface area (Å²) in [6.07, 6.45) is 3.60. The fraction of sp³-hybridized carbons (Fsp3) is 0.0588. The maximum atomic E-state index is 9.42. The van der Waals surface area contributed by atoms with Gasteiger partial charge in [0.05, 0.1) is 16.3 Å². The van der Waals surface area contributed by atoms with E-state index in [1.165, 1.54) is 5.56 Å². The van der Waals surface area contributed by atoms with Crippen LogP contribution in [0.4, 0.5) is 11.4 Å². The van der Waals surface area contributed by atoms with Gasteiger partial charge in [0.15, 0.2) is 0 Å². The summed E-state index contributed by atoms with van der Waals surface area (Å²) in [5.74, 6) is 0.241. The van der Waals surface area contributed by atoms with Crippen LogP contribution in [0.1, 0.15) is 10.4 Å². The predicted molar refractivity (Wildman–Crippen MR) is 92.1 cm³/mol. The molecule has 4 nitrogen and oxygen atoms in total. The van der Waals surface area contributed by atoms with Gasteiger partial charge in [0, 0.05) is 17.3 Å². The fourth-order valence-electron chi connectivity index (χ4n) is 2.61. The summed E-state index contributed by atoms with van der Waals surface area (Å²) in [5.41, 5.74) is 3.91. The molecule has 1 aliphatic heterocycles. The second kappa shape index (κ2) is 4.68. The summed E-state index contributed by atoms with van der Waals surface area (Å²) >= 11 is 1.61. The number of phenols is 1. The van der Waals surface area contributed by atoms with Crippen molar-refractivity contribution < 1.29 is 5.11 Å². The first-order valence-electron chi connectivity index (χ1n) is 6.85. The number of rotatable bonds is 1. The number of aromatic nitrogens is 1. The van der Waals surface area contributed by atoms with Crippen LogP contribution in [0, 0.1) is 6.92 Å². The first-order valence-corrected chi connectivity index (χ1v) is 7.66. The smallest absolute Gasteiger partial charge is 0.126 e. The van der Waals surface area contributed by atoms with Gasteiger partial charge in [-0.05, 0) is 42.8 Å². The number of fused-ring (bicyclic) bond motifs is 3. The van der Waals surface area contributed by atoms with Crippen molar-refractivity contribution in [3.05, 3.63) is 53.5 Å². The Balaban J connectivity index is 1.86. The lowest BCUT2D eigenvalue weighted by atomic mass is 10.1. The molecule has 0 atom stereocenters. The molecule has 3 aromatic rings. The normalized spacial score (nSPS) is 13.7. The second-order valence-corrected chi connectivity index (χ2v) is 6.16. The summed E-state index contributed by atoms with van der Waals surface area (Å²) < 4.78 is 0. The van der Waals surface area contributed by atoms with Gasteiger partial charge in [0.25, 0.3) is 0 Å². The molecule has 0 saturated carbocycles. The standard InChI is InChI=1S/C17H13N3OS/c1-10-7-8-18-17-14(10)15-16(22-17)11(2)20(9-19-15)12-3-5-13(21)6-4-12/h3-9,21H,2H2,1H3. The fourth-order valence-corrected chi connectivity index (χ4v) is 3.74. The summed E-state index contributed by atoms with van der Waals surface area (Å²) in [5, 5.41) is 10.5. The Morgan fingerprint density at radius 2 is 1.95 bits per heavy atom. The minimum Gasteiger partial charge on any atom is -0.508 e. The van der Waals surface area contributed by atoms with Crippen LogP contribution in [0.3, 0.4) is 0 Å². The third kappa shape index (κ3) is 1.83. The largest absolute Gasteiger partial charge is 0.508 e. The van der Waals surface area contributed by atoms with Crippen molar-refractivity contribution in [3.63, 3.8) is 0 Å². The van der Waals surface area contributed by atoms with E-state index in [0.29, 0.717) is 0 Å². The Bertz CT molecular complexity index is 925. The van der Waals surface area contributed by atoms with Gasteiger partial charge in [-0.15, -0.1) is 11.3 Å². The van der Waals surface area contributed by atoms with E-state index in [4.69, 9.17) is 0 Å². The molecule has 0 saturated heterocycles. The van der Waals surface area contributed by atoms with E-state index >= 15 is 0 Å². The molecule has 0 radical (unpaired) electrons. The van der Waals surface area contributed by atoms with Crippen LogP contribution in [-0.4, -0.2) is 16.4 Å². The minimum absolute atomic E-state index is 0.241. The van der Waals surface area contributed by atoms with Gasteiger partial charge in [0.1, 0.15) is 16.9 Å². The Morgan fingerprint density at radius 3 is 2.73 bits per heavy atom. The van der Waals surface area contributed by atoms with E-state index in [2.05, 4.69) is 23.5 Å². The lowest BCUT2D eigenvalue weighted by Crippen LogP contribution is -2.20. The predicted octanol–water partition coefficient (Wildman–Crippen LogP) is 4.46. The van der Waals surface area contributed by atoms with Gasteiger partial charge in [-0.2, -0.15) is 0 Å². The number of phenolic OH excluding ortho intramolecular Hbond substituents is 1. The van der Waals surface area contributed by atoms with Crippen molar-refractivity contribution in [1.29, 1.82) is 0 Å². The van der Waals surface area contributed by atoms with Crippen LogP contribution in [0.15, 0.2) is 48.1 Å². The summed E-state index contributed by atoms with van der Waals surface area (Å²) in [6, 6.07) is 8.99. The van der Waals surface area contributed by atoms with Crippen molar-refractivity contribution in [1.82, 2.24) is 4.98 Å². The molecule has 0 fully saturated rings. The van der Waals surface area contributed by atoms with Crippen molar-refractivity contribution in [3.8, 4) is 5.75 Å². The number of aryl methyl sites for hydroxylation is 1. The lowest BCUT2D eigenvalue weighted by Gasteiger charge is -2.24. The van der Waals surface area contributed by atoms with Gasteiger partial charge < -0.3 is 10.0 Å². The monoisotopic (exact) mass is 307 g/mol. The number of pyridine rings is 1. The first-order chi connectivity index (χ1) is 10.6. The van der Waals surface area contributed by atoms with Crippen LogP contribution >= 0.6 is 11.3 Å². The molecule has 0 bridgehead atoms. The van der Waals surface area contributed by atoms with E-state index < -0.39 is 0 Å². The van der Waals surface area contributed by atoms with Gasteiger partial charge >= 0.3 is 0 Å². The Kier molecular flexibility index (Phi) is 2.77. The molecule has 0 aliphatic carbocycles. The minimum atomic E-state index is 0.241. The highest BCUT2D eigenvalue weighted by molar-refractivity contribution is 7.20. The zero-order valence-electron chi connectivity index (χ0n) is 11.9. The second-order valence-electron chi connectivity index (χ2n) is 5.17. The average Bonchev–Trinajstić information content (AvgIpc) is 2.90. The van der Waals surface area contributed by atoms with E-state index in [-0.39, 0.29) is 5.75 Å². The summed E-state index contributed by atoms with van der Waals surface area (Å²) in [7, 11) is 0. The number of aromatic hydroxyl groups is 1. The van der Waals surface area contributed by atoms with Gasteiger partial charge in [-0.3, -0.25) is 0 Å². The molecule has 1 aliphatic rings. The molecular weight excluding hydrogens is 294 g/mol. The van der Waals surface area contributed by atoms with Gasteiger partial charge in [-0.1, -0.05) is 6.58 Å². The number of hydrogen-bond acceptors (Lipinski definition) is 5. The molecule has 2 aromatic heterocycles. The zero-order valence-corrected chi connectivity index (χ0v) is 12.8. The van der Waals surface area contributed by atoms with Crippen molar-refractivity contribution >= 4 is 45.0 Å². The van der Waals surface area contributed by atoms with Crippen LogP contribution in [-0.2, 0) is 0 Å². The molecule has 108 valence electrons. The molecule has 3 heterocycles. The quantitative estimate of drug-likeness (QED) is 0.722. The van der Waals surface area contributed by atoms with Crippen molar-refractivity contribution in [2.45, 2.75) is 6.92 Å². The molecule has 1 aromatic carbocycles. The molecule has 1 N–H and O–H groups in total. The number of thiophene rings is 1. The molecule has 5 heteroatoms. The van der Waals surface area contributed by atoms with Crippen molar-refractivity contribution in [2.75, 3.05) is 4.90 Å². The third-order valence-corrected chi connectivity index (χ3v) is 4.89. The van der Waals surface area contributed by atoms with E-state index in [1.807, 2.05) is 29.3 Å². The number of nitrogens with zero attached hydrogens (tertiary/aromatic N) is 3. The lowest BCUT2D eigenvalue weighted by molar-refractivity contribution is 0.475. The average molecular weight is 307 g/mol. The first kappa shape index (κ1) is 13.0. The molecular formula is C17H13N3OS. The van der Waals surface area contributed by atoms with Gasteiger partial charge in [0.2, 0.25) is 0 Å². The molecule has 4 rings (SSSR count). The summed E-state index contributed by atoms with van der Waals surface area (Å²) in [4.78, 5) is 13.0. The van der Waals surface area contributed by atoms with Crippen LogP contribution in [0.2, 0.25) is 0 Å². The highest BCUT2D eigenvalue weighted by Gasteiger charge is 2.23. The van der Waals surface area contributed by atoms with E-state index in [9.17, 15) is 5.11 Å². The molecule has 22 heavy (non-hydrogen) atoms. The number of hydrogen-bond donors (Lipinski definition) is 1.